The van der Waals surface area contributed by atoms with Gasteiger partial charge in [-0.25, -0.2) is 26.3 Å². The van der Waals surface area contributed by atoms with Gasteiger partial charge in [0.15, 0.2) is 0 Å². The highest BCUT2D eigenvalue weighted by Gasteiger charge is 2.19. The Kier molecular flexibility index (Phi) is 5.50. The van der Waals surface area contributed by atoms with E-state index in [0.29, 0.717) is 12.3 Å². The molecule has 0 aliphatic carbocycles. The minimum absolute atomic E-state index is 0.229. The topological polar surface area (TPSA) is 118 Å². The van der Waals surface area contributed by atoms with Crippen molar-refractivity contribution in [3.63, 3.8) is 0 Å². The quantitative estimate of drug-likeness (QED) is 0.557. The predicted octanol–water partition coefficient (Wildman–Crippen LogP) is -1.17. The summed E-state index contributed by atoms with van der Waals surface area (Å²) in [5.41, 5.74) is 0. The van der Waals surface area contributed by atoms with Crippen molar-refractivity contribution < 1.29 is 21.3 Å². The summed E-state index contributed by atoms with van der Waals surface area (Å²) in [7, 11) is -4.30. The Bertz CT molecular complexity index is 606. The Morgan fingerprint density at radius 2 is 1.84 bits per heavy atom. The third-order valence-corrected chi connectivity index (χ3v) is 4.92. The van der Waals surface area contributed by atoms with E-state index in [4.69, 9.17) is 4.42 Å². The van der Waals surface area contributed by atoms with Gasteiger partial charge in [-0.1, -0.05) is 0 Å². The molecule has 8 nitrogen and oxygen atoms in total. The van der Waals surface area contributed by atoms with Gasteiger partial charge < -0.3 is 9.73 Å². The second kappa shape index (κ2) is 6.48. The number of nitrogens with one attached hydrogen (secondary N) is 3. The van der Waals surface area contributed by atoms with E-state index in [2.05, 4.69) is 14.8 Å². The van der Waals surface area contributed by atoms with Gasteiger partial charge in [0.2, 0.25) is 15.1 Å². The van der Waals surface area contributed by atoms with Crippen LogP contribution in [0.5, 0.6) is 0 Å². The lowest BCUT2D eigenvalue weighted by molar-refractivity contribution is 0.405. The maximum absolute atomic E-state index is 11.8. The fraction of sp³-hybridized carbons (Fsp3) is 0.556. The summed E-state index contributed by atoms with van der Waals surface area (Å²) in [4.78, 5) is 0. The Morgan fingerprint density at radius 3 is 2.42 bits per heavy atom. The lowest BCUT2D eigenvalue weighted by atomic mass is 10.4. The van der Waals surface area contributed by atoms with Gasteiger partial charge in [-0.2, -0.15) is 0 Å². The van der Waals surface area contributed by atoms with Crippen LogP contribution in [0.25, 0.3) is 0 Å². The molecule has 1 rings (SSSR count). The van der Waals surface area contributed by atoms with Gasteiger partial charge in [-0.15, -0.1) is 0 Å². The number of rotatable bonds is 8. The minimum Gasteiger partial charge on any atom is -0.447 e. The highest BCUT2D eigenvalue weighted by molar-refractivity contribution is 7.90. The van der Waals surface area contributed by atoms with Crippen molar-refractivity contribution in [2.45, 2.75) is 11.6 Å². The second-order valence-electron chi connectivity index (χ2n) is 3.67. The molecule has 0 bridgehead atoms. The Labute approximate surface area is 112 Å². The predicted molar refractivity (Wildman–Crippen MR) is 69.5 cm³/mol. The van der Waals surface area contributed by atoms with Gasteiger partial charge in [-0.05, 0) is 26.2 Å². The van der Waals surface area contributed by atoms with Crippen molar-refractivity contribution in [3.8, 4) is 0 Å². The van der Waals surface area contributed by atoms with E-state index < -0.39 is 20.0 Å². The molecule has 3 N–H and O–H groups in total. The molecule has 0 aliphatic rings. The lowest BCUT2D eigenvalue weighted by Crippen LogP contribution is -2.32. The average molecular weight is 311 g/mol. The molecule has 0 amide bonds. The van der Waals surface area contributed by atoms with Crippen LogP contribution in [0.1, 0.15) is 5.76 Å². The zero-order valence-electron chi connectivity index (χ0n) is 10.6. The largest absolute Gasteiger partial charge is 0.447 e. The summed E-state index contributed by atoms with van der Waals surface area (Å²) >= 11 is 0. The van der Waals surface area contributed by atoms with Gasteiger partial charge in [0, 0.05) is 6.54 Å². The Morgan fingerprint density at radius 1 is 1.16 bits per heavy atom. The first-order chi connectivity index (χ1) is 8.80. The van der Waals surface area contributed by atoms with Crippen molar-refractivity contribution in [1.82, 2.24) is 14.8 Å². The Balaban J connectivity index is 2.65. The van der Waals surface area contributed by atoms with Crippen molar-refractivity contribution in [1.29, 1.82) is 0 Å². The van der Waals surface area contributed by atoms with Crippen LogP contribution >= 0.6 is 0 Å². The standard InChI is InChI=1S/C9H17N3O5S2/c1-10-7-8-3-4-9(17-8)19(15,16)12-5-6-18(13,14)11-2/h3-4,10-12H,5-7H2,1-2H3. The molecular weight excluding hydrogens is 294 g/mol. The molecule has 1 heterocycles. The van der Waals surface area contributed by atoms with Gasteiger partial charge in [0.25, 0.3) is 10.0 Å². The summed E-state index contributed by atoms with van der Waals surface area (Å²) in [5.74, 6) is 0.137. The molecule has 0 unspecified atom stereocenters. The SMILES string of the molecule is CNCc1ccc(S(=O)(=O)NCCS(=O)(=O)NC)o1. The normalized spacial score (nSPS) is 12.7. The van der Waals surface area contributed by atoms with Gasteiger partial charge >= 0.3 is 0 Å². The second-order valence-corrected chi connectivity index (χ2v) is 7.42. The molecule has 1 aromatic rings. The third-order valence-electron chi connectivity index (χ3n) is 2.23. The van der Waals surface area contributed by atoms with Crippen LogP contribution in [0.4, 0.5) is 0 Å². The highest BCUT2D eigenvalue weighted by Crippen LogP contribution is 2.13. The van der Waals surface area contributed by atoms with Crippen LogP contribution in [-0.4, -0.2) is 43.2 Å². The third kappa shape index (κ3) is 4.91. The zero-order valence-corrected chi connectivity index (χ0v) is 12.3. The summed E-state index contributed by atoms with van der Waals surface area (Å²) in [6, 6.07) is 2.86. The molecule has 0 atom stereocenters. The van der Waals surface area contributed by atoms with Crippen molar-refractivity contribution in [2.24, 2.45) is 0 Å². The lowest BCUT2D eigenvalue weighted by Gasteiger charge is -2.04. The van der Waals surface area contributed by atoms with Crippen molar-refractivity contribution in [3.05, 3.63) is 17.9 Å². The molecule has 10 heteroatoms. The van der Waals surface area contributed by atoms with Crippen LogP contribution < -0.4 is 14.8 Å². The van der Waals surface area contributed by atoms with Crippen molar-refractivity contribution in [2.75, 3.05) is 26.4 Å². The van der Waals surface area contributed by atoms with Crippen LogP contribution in [0.3, 0.4) is 0 Å². The van der Waals surface area contributed by atoms with Crippen molar-refractivity contribution >= 4 is 20.0 Å². The van der Waals surface area contributed by atoms with E-state index in [1.165, 1.54) is 19.2 Å². The van der Waals surface area contributed by atoms with E-state index in [9.17, 15) is 16.8 Å². The maximum Gasteiger partial charge on any atom is 0.273 e. The molecule has 0 aromatic carbocycles. The molecule has 1 aromatic heterocycles. The highest BCUT2D eigenvalue weighted by atomic mass is 32.2. The molecule has 0 saturated carbocycles. The number of furan rings is 1. The first kappa shape index (κ1) is 16.1. The molecular formula is C9H17N3O5S2. The summed E-state index contributed by atoms with van der Waals surface area (Å²) in [6.07, 6.45) is 0. The van der Waals surface area contributed by atoms with E-state index in [0.717, 1.165) is 0 Å². The van der Waals surface area contributed by atoms with Crippen LogP contribution in [0.2, 0.25) is 0 Å². The molecule has 0 saturated heterocycles. The van der Waals surface area contributed by atoms with E-state index in [1.54, 1.807) is 7.05 Å². The fourth-order valence-corrected chi connectivity index (χ4v) is 2.94. The van der Waals surface area contributed by atoms with Gasteiger partial charge in [0.05, 0.1) is 12.3 Å². The first-order valence-electron chi connectivity index (χ1n) is 5.45. The van der Waals surface area contributed by atoms with Crippen LogP contribution in [-0.2, 0) is 26.6 Å². The maximum atomic E-state index is 11.8. The molecule has 110 valence electrons. The van der Waals surface area contributed by atoms with Gasteiger partial charge in [0.1, 0.15) is 5.76 Å². The van der Waals surface area contributed by atoms with Crippen LogP contribution in [0.15, 0.2) is 21.6 Å². The Hall–Kier alpha value is -0.940. The van der Waals surface area contributed by atoms with Gasteiger partial charge in [-0.3, -0.25) is 0 Å². The number of hydrogen-bond acceptors (Lipinski definition) is 6. The summed E-state index contributed by atoms with van der Waals surface area (Å²) in [6.45, 7) is 0.178. The average Bonchev–Trinajstić information content (AvgIpc) is 2.78. The molecule has 0 radical (unpaired) electrons. The smallest absolute Gasteiger partial charge is 0.273 e. The molecule has 0 aliphatic heterocycles. The minimum atomic E-state index is -3.83. The zero-order chi connectivity index (χ0) is 14.5. The molecule has 19 heavy (non-hydrogen) atoms. The van der Waals surface area contributed by atoms with E-state index in [1.807, 2.05) is 0 Å². The molecule has 0 spiro atoms. The fourth-order valence-electron chi connectivity index (χ4n) is 1.26. The van der Waals surface area contributed by atoms with Crippen LogP contribution in [0, 0.1) is 0 Å². The number of hydrogen-bond donors (Lipinski definition) is 3. The molecule has 0 fully saturated rings. The number of sulfonamides is 2. The summed E-state index contributed by atoms with van der Waals surface area (Å²) in [5, 5.41) is 2.59. The first-order valence-corrected chi connectivity index (χ1v) is 8.58. The monoisotopic (exact) mass is 311 g/mol. The van der Waals surface area contributed by atoms with E-state index in [-0.39, 0.29) is 17.4 Å². The van der Waals surface area contributed by atoms with E-state index >= 15 is 0 Å². The summed E-state index contributed by atoms with van der Waals surface area (Å²) < 4.78 is 55.2.